The van der Waals surface area contributed by atoms with Crippen LogP contribution in [0.25, 0.3) is 0 Å². The second kappa shape index (κ2) is 6.96. The number of nitriles is 1. The summed E-state index contributed by atoms with van der Waals surface area (Å²) in [4.78, 5) is 11.4. The van der Waals surface area contributed by atoms with Crippen LogP contribution in [0.2, 0.25) is 0 Å². The molecule has 0 aliphatic carbocycles. The monoisotopic (exact) mass is 282 g/mol. The number of hydrogen-bond donors (Lipinski definition) is 1. The molecule has 0 bridgehead atoms. The molecule has 0 radical (unpaired) electrons. The largest absolute Gasteiger partial charge is 0.494 e. The van der Waals surface area contributed by atoms with Gasteiger partial charge in [0, 0.05) is 6.07 Å². The second-order valence-electron chi connectivity index (χ2n) is 4.16. The number of benzene rings is 2. The minimum Gasteiger partial charge on any atom is -0.494 e. The number of nitrogens with zero attached hydrogens (tertiary/aromatic N) is 1. The molecular formula is C16H14N2O3. The van der Waals surface area contributed by atoms with Crippen molar-refractivity contribution in [2.24, 2.45) is 0 Å². The molecule has 0 fully saturated rings. The van der Waals surface area contributed by atoms with E-state index in [1.807, 2.05) is 30.3 Å². The van der Waals surface area contributed by atoms with E-state index >= 15 is 0 Å². The van der Waals surface area contributed by atoms with Crippen LogP contribution in [0.15, 0.2) is 48.5 Å². The maximum absolute atomic E-state index is 11.4. The van der Waals surface area contributed by atoms with Crippen LogP contribution in [-0.2, 0) is 4.79 Å². The molecule has 2 aromatic rings. The van der Waals surface area contributed by atoms with Crippen molar-refractivity contribution >= 4 is 11.6 Å². The van der Waals surface area contributed by atoms with Gasteiger partial charge in [-0.3, -0.25) is 4.79 Å². The standard InChI is InChI=1S/C16H14N2O3/c1-20-15-11-13(21-12-5-3-2-4-6-12)7-8-14(15)18-16(19)9-10-17/h2-8,11H,9H2,1H3,(H,18,19). The molecule has 0 spiro atoms. The summed E-state index contributed by atoms with van der Waals surface area (Å²) >= 11 is 0. The summed E-state index contributed by atoms with van der Waals surface area (Å²) in [6.45, 7) is 0. The van der Waals surface area contributed by atoms with Gasteiger partial charge in [0.15, 0.2) is 0 Å². The quantitative estimate of drug-likeness (QED) is 0.913. The third-order valence-corrected chi connectivity index (χ3v) is 2.67. The van der Waals surface area contributed by atoms with Crippen molar-refractivity contribution in [1.29, 1.82) is 5.26 Å². The van der Waals surface area contributed by atoms with Crippen molar-refractivity contribution in [3.8, 4) is 23.3 Å². The lowest BCUT2D eigenvalue weighted by Gasteiger charge is -2.12. The van der Waals surface area contributed by atoms with Crippen LogP contribution >= 0.6 is 0 Å². The Morgan fingerprint density at radius 1 is 1.19 bits per heavy atom. The second-order valence-corrected chi connectivity index (χ2v) is 4.16. The van der Waals surface area contributed by atoms with Crippen LogP contribution in [0, 0.1) is 11.3 Å². The Labute approximate surface area is 122 Å². The minimum absolute atomic E-state index is 0.203. The zero-order chi connectivity index (χ0) is 15.1. The van der Waals surface area contributed by atoms with E-state index in [1.165, 1.54) is 7.11 Å². The Kier molecular flexibility index (Phi) is 4.78. The van der Waals surface area contributed by atoms with Crippen molar-refractivity contribution in [3.63, 3.8) is 0 Å². The Balaban J connectivity index is 2.16. The molecule has 106 valence electrons. The minimum atomic E-state index is -0.382. The molecule has 0 saturated carbocycles. The van der Waals surface area contributed by atoms with Crippen LogP contribution in [-0.4, -0.2) is 13.0 Å². The maximum atomic E-state index is 11.4. The van der Waals surface area contributed by atoms with Crippen molar-refractivity contribution in [2.75, 3.05) is 12.4 Å². The van der Waals surface area contributed by atoms with Crippen LogP contribution < -0.4 is 14.8 Å². The van der Waals surface area contributed by atoms with Gasteiger partial charge in [0.05, 0.1) is 18.9 Å². The predicted molar refractivity (Wildman–Crippen MR) is 78.4 cm³/mol. The van der Waals surface area contributed by atoms with Crippen LogP contribution in [0.1, 0.15) is 6.42 Å². The van der Waals surface area contributed by atoms with E-state index in [0.717, 1.165) is 0 Å². The Morgan fingerprint density at radius 2 is 1.95 bits per heavy atom. The van der Waals surface area contributed by atoms with Gasteiger partial charge in [-0.2, -0.15) is 5.26 Å². The summed E-state index contributed by atoms with van der Waals surface area (Å²) in [5.74, 6) is 1.39. The fraction of sp³-hybridized carbons (Fsp3) is 0.125. The average molecular weight is 282 g/mol. The molecule has 1 amide bonds. The third kappa shape index (κ3) is 3.98. The number of hydrogen-bond acceptors (Lipinski definition) is 4. The Bertz CT molecular complexity index is 663. The fourth-order valence-electron chi connectivity index (χ4n) is 1.73. The van der Waals surface area contributed by atoms with Crippen molar-refractivity contribution < 1.29 is 14.3 Å². The number of carbonyl (C=O) groups excluding carboxylic acids is 1. The van der Waals surface area contributed by atoms with Gasteiger partial charge in [-0.15, -0.1) is 0 Å². The average Bonchev–Trinajstić information content (AvgIpc) is 2.50. The zero-order valence-corrected chi connectivity index (χ0v) is 11.5. The van der Waals surface area contributed by atoms with E-state index in [0.29, 0.717) is 22.9 Å². The van der Waals surface area contributed by atoms with E-state index in [9.17, 15) is 4.79 Å². The molecule has 0 atom stereocenters. The fourth-order valence-corrected chi connectivity index (χ4v) is 1.73. The summed E-state index contributed by atoms with van der Waals surface area (Å²) in [6.07, 6.45) is -0.203. The van der Waals surface area contributed by atoms with Crippen LogP contribution in [0.3, 0.4) is 0 Å². The van der Waals surface area contributed by atoms with E-state index in [1.54, 1.807) is 24.3 Å². The van der Waals surface area contributed by atoms with E-state index in [4.69, 9.17) is 14.7 Å². The molecule has 0 aliphatic rings. The normalized spacial score (nSPS) is 9.52. The van der Waals surface area contributed by atoms with E-state index in [-0.39, 0.29) is 12.3 Å². The molecule has 0 aliphatic heterocycles. The molecule has 1 N–H and O–H groups in total. The van der Waals surface area contributed by atoms with Gasteiger partial charge in [-0.1, -0.05) is 18.2 Å². The summed E-state index contributed by atoms with van der Waals surface area (Å²) < 4.78 is 10.9. The number of rotatable bonds is 5. The number of anilines is 1. The van der Waals surface area contributed by atoms with Gasteiger partial charge in [0.2, 0.25) is 5.91 Å². The molecule has 2 aromatic carbocycles. The van der Waals surface area contributed by atoms with Gasteiger partial charge in [-0.05, 0) is 24.3 Å². The number of amides is 1. The first-order valence-corrected chi connectivity index (χ1v) is 6.30. The van der Waals surface area contributed by atoms with Gasteiger partial charge >= 0.3 is 0 Å². The first-order valence-electron chi connectivity index (χ1n) is 6.30. The summed E-state index contributed by atoms with van der Waals surface area (Å²) in [6, 6.07) is 16.2. The lowest BCUT2D eigenvalue weighted by molar-refractivity contribution is -0.115. The first kappa shape index (κ1) is 14.4. The lowest BCUT2D eigenvalue weighted by atomic mass is 10.2. The molecule has 5 nitrogen and oxygen atoms in total. The van der Waals surface area contributed by atoms with Gasteiger partial charge < -0.3 is 14.8 Å². The van der Waals surface area contributed by atoms with Crippen molar-refractivity contribution in [3.05, 3.63) is 48.5 Å². The number of carbonyl (C=O) groups is 1. The molecule has 0 unspecified atom stereocenters. The molecule has 2 rings (SSSR count). The van der Waals surface area contributed by atoms with E-state index < -0.39 is 0 Å². The lowest BCUT2D eigenvalue weighted by Crippen LogP contribution is -2.11. The van der Waals surface area contributed by atoms with Gasteiger partial charge in [-0.25, -0.2) is 0 Å². The zero-order valence-electron chi connectivity index (χ0n) is 11.5. The number of nitrogens with one attached hydrogen (secondary N) is 1. The molecular weight excluding hydrogens is 268 g/mol. The highest BCUT2D eigenvalue weighted by Gasteiger charge is 2.09. The Morgan fingerprint density at radius 3 is 2.62 bits per heavy atom. The number of para-hydroxylation sites is 1. The highest BCUT2D eigenvalue weighted by atomic mass is 16.5. The highest BCUT2D eigenvalue weighted by molar-refractivity contribution is 5.93. The molecule has 21 heavy (non-hydrogen) atoms. The molecule has 0 heterocycles. The third-order valence-electron chi connectivity index (χ3n) is 2.67. The van der Waals surface area contributed by atoms with Crippen molar-refractivity contribution in [1.82, 2.24) is 0 Å². The van der Waals surface area contributed by atoms with Gasteiger partial charge in [0.1, 0.15) is 23.7 Å². The topological polar surface area (TPSA) is 71.3 Å². The smallest absolute Gasteiger partial charge is 0.238 e. The first-order chi connectivity index (χ1) is 10.2. The predicted octanol–water partition coefficient (Wildman–Crippen LogP) is 3.34. The van der Waals surface area contributed by atoms with Crippen molar-refractivity contribution in [2.45, 2.75) is 6.42 Å². The number of methoxy groups -OCH3 is 1. The van der Waals surface area contributed by atoms with E-state index in [2.05, 4.69) is 5.32 Å². The summed E-state index contributed by atoms with van der Waals surface area (Å²) in [5, 5.41) is 11.1. The highest BCUT2D eigenvalue weighted by Crippen LogP contribution is 2.31. The van der Waals surface area contributed by atoms with Gasteiger partial charge in [0.25, 0.3) is 0 Å². The van der Waals surface area contributed by atoms with Crippen LogP contribution in [0.5, 0.6) is 17.2 Å². The SMILES string of the molecule is COc1cc(Oc2ccccc2)ccc1NC(=O)CC#N. The summed E-state index contributed by atoms with van der Waals surface area (Å²) in [7, 11) is 1.50. The summed E-state index contributed by atoms with van der Waals surface area (Å²) in [5.41, 5.74) is 0.498. The number of ether oxygens (including phenoxy) is 2. The molecule has 0 aromatic heterocycles. The Hall–Kier alpha value is -3.00. The molecule has 0 saturated heterocycles. The maximum Gasteiger partial charge on any atom is 0.238 e. The van der Waals surface area contributed by atoms with Crippen LogP contribution in [0.4, 0.5) is 5.69 Å². The molecule has 5 heteroatoms.